The highest BCUT2D eigenvalue weighted by atomic mass is 16.2. The Morgan fingerprint density at radius 2 is 1.83 bits per heavy atom. The van der Waals surface area contributed by atoms with E-state index >= 15 is 0 Å². The second kappa shape index (κ2) is 9.29. The van der Waals surface area contributed by atoms with Crippen molar-refractivity contribution in [3.63, 3.8) is 0 Å². The van der Waals surface area contributed by atoms with Crippen LogP contribution in [0, 0.1) is 0 Å². The third kappa shape index (κ3) is 4.47. The minimum absolute atomic E-state index is 0.0306. The van der Waals surface area contributed by atoms with Crippen molar-refractivity contribution in [2.75, 3.05) is 56.6 Å². The van der Waals surface area contributed by atoms with Crippen LogP contribution in [0.25, 0.3) is 22.3 Å². The van der Waals surface area contributed by atoms with E-state index in [0.717, 1.165) is 47.7 Å². The summed E-state index contributed by atoms with van der Waals surface area (Å²) in [5.74, 6) is 1.63. The van der Waals surface area contributed by atoms with Gasteiger partial charge in [0, 0.05) is 76.7 Å². The van der Waals surface area contributed by atoms with E-state index in [1.807, 2.05) is 11.1 Å². The average Bonchev–Trinajstić information content (AvgIpc) is 3.26. The lowest BCUT2D eigenvalue weighted by molar-refractivity contribution is 0.152. The van der Waals surface area contributed by atoms with Crippen LogP contribution in [0.2, 0.25) is 0 Å². The number of hydrogen-bond donors (Lipinski definition) is 2. The molecule has 35 heavy (non-hydrogen) atoms. The van der Waals surface area contributed by atoms with Gasteiger partial charge in [-0.05, 0) is 32.9 Å². The molecule has 3 unspecified atom stereocenters. The SMILES string of the molecule is CC1CN(c2ccc(-c3n[nH]c4cnc(N5C(C)CN(C(=O)N(C)C)CC5C)nc34)cn2)CCN1. The number of nitrogens with one attached hydrogen (secondary N) is 2. The zero-order chi connectivity index (χ0) is 24.7. The molecule has 2 aliphatic rings. The molecular formula is C24H34N10O. The maximum absolute atomic E-state index is 12.5. The molecule has 3 aromatic rings. The number of H-pyrrole nitrogens is 1. The van der Waals surface area contributed by atoms with Crippen molar-refractivity contribution in [2.45, 2.75) is 38.9 Å². The monoisotopic (exact) mass is 478 g/mol. The molecule has 3 atom stereocenters. The van der Waals surface area contributed by atoms with Crippen LogP contribution in [0.3, 0.4) is 0 Å². The van der Waals surface area contributed by atoms with Gasteiger partial charge in [-0.3, -0.25) is 5.10 Å². The molecule has 11 heteroatoms. The van der Waals surface area contributed by atoms with Crippen LogP contribution in [-0.4, -0.2) is 106 Å². The number of anilines is 2. The first kappa shape index (κ1) is 23.3. The summed E-state index contributed by atoms with van der Waals surface area (Å²) in [6.07, 6.45) is 3.66. The van der Waals surface area contributed by atoms with E-state index in [2.05, 4.69) is 63.2 Å². The number of piperazine rings is 2. The number of urea groups is 1. The molecule has 0 aromatic carbocycles. The fourth-order valence-corrected chi connectivity index (χ4v) is 5.14. The molecule has 5 heterocycles. The van der Waals surface area contributed by atoms with E-state index in [1.54, 1.807) is 25.2 Å². The standard InChI is InChI=1S/C24H34N10O/c1-15-12-32(9-8-25-15)20-7-6-18(10-26-20)21-22-19(29-30-21)11-27-23(28-22)34-16(2)13-33(14-17(34)3)24(35)31(4)5/h6-7,10-11,15-17,25H,8-9,12-14H2,1-5H3,(H,29,30). The number of fused-ring (bicyclic) bond motifs is 1. The summed E-state index contributed by atoms with van der Waals surface area (Å²) in [5, 5.41) is 11.1. The molecule has 0 bridgehead atoms. The first-order valence-corrected chi connectivity index (χ1v) is 12.2. The van der Waals surface area contributed by atoms with Crippen molar-refractivity contribution in [1.29, 1.82) is 0 Å². The van der Waals surface area contributed by atoms with Gasteiger partial charge in [-0.25, -0.2) is 19.7 Å². The lowest BCUT2D eigenvalue weighted by Crippen LogP contribution is -2.60. The van der Waals surface area contributed by atoms with E-state index < -0.39 is 0 Å². The molecule has 3 aromatic heterocycles. The number of rotatable bonds is 3. The number of carbonyl (C=O) groups excluding carboxylic acids is 1. The fourth-order valence-electron chi connectivity index (χ4n) is 5.14. The number of hydrogen-bond acceptors (Lipinski definition) is 8. The van der Waals surface area contributed by atoms with E-state index in [1.165, 1.54) is 0 Å². The summed E-state index contributed by atoms with van der Waals surface area (Å²) in [6.45, 7) is 10.5. The summed E-state index contributed by atoms with van der Waals surface area (Å²) in [4.78, 5) is 34.8. The molecule has 186 valence electrons. The quantitative estimate of drug-likeness (QED) is 0.587. The molecule has 5 rings (SSSR count). The topological polar surface area (TPSA) is 109 Å². The molecule has 0 saturated carbocycles. The van der Waals surface area contributed by atoms with Crippen LogP contribution in [0.5, 0.6) is 0 Å². The van der Waals surface area contributed by atoms with Gasteiger partial charge in [0.05, 0.1) is 6.20 Å². The van der Waals surface area contributed by atoms with Crippen molar-refractivity contribution in [2.24, 2.45) is 0 Å². The first-order chi connectivity index (χ1) is 16.8. The second-order valence-corrected chi connectivity index (χ2v) is 9.90. The summed E-state index contributed by atoms with van der Waals surface area (Å²) in [5.41, 5.74) is 3.23. The lowest BCUT2D eigenvalue weighted by atomic mass is 10.1. The highest BCUT2D eigenvalue weighted by Gasteiger charge is 2.34. The zero-order valence-corrected chi connectivity index (χ0v) is 21.1. The third-order valence-corrected chi connectivity index (χ3v) is 6.81. The summed E-state index contributed by atoms with van der Waals surface area (Å²) in [6, 6.07) is 4.76. The zero-order valence-electron chi connectivity index (χ0n) is 21.1. The van der Waals surface area contributed by atoms with Gasteiger partial charge in [0.2, 0.25) is 5.95 Å². The van der Waals surface area contributed by atoms with Crippen LogP contribution in [0.15, 0.2) is 24.5 Å². The van der Waals surface area contributed by atoms with Gasteiger partial charge in [0.1, 0.15) is 22.5 Å². The van der Waals surface area contributed by atoms with E-state index in [9.17, 15) is 4.79 Å². The minimum Gasteiger partial charge on any atom is -0.354 e. The molecule has 11 nitrogen and oxygen atoms in total. The van der Waals surface area contributed by atoms with E-state index in [-0.39, 0.29) is 18.1 Å². The molecule has 0 radical (unpaired) electrons. The smallest absolute Gasteiger partial charge is 0.319 e. The van der Waals surface area contributed by atoms with Crippen LogP contribution in [-0.2, 0) is 0 Å². The molecule has 2 N–H and O–H groups in total. The molecule has 0 spiro atoms. The maximum atomic E-state index is 12.5. The van der Waals surface area contributed by atoms with Crippen LogP contribution >= 0.6 is 0 Å². The van der Waals surface area contributed by atoms with Gasteiger partial charge >= 0.3 is 6.03 Å². The Balaban J connectivity index is 1.40. The Hall–Kier alpha value is -3.47. The number of nitrogens with zero attached hydrogens (tertiary/aromatic N) is 8. The molecule has 2 fully saturated rings. The average molecular weight is 479 g/mol. The Labute approximate surface area is 205 Å². The molecule has 2 saturated heterocycles. The van der Waals surface area contributed by atoms with Crippen LogP contribution < -0.4 is 15.1 Å². The Kier molecular flexibility index (Phi) is 6.18. The molecule has 2 aliphatic heterocycles. The third-order valence-electron chi connectivity index (χ3n) is 6.81. The van der Waals surface area contributed by atoms with Crippen LogP contribution in [0.4, 0.5) is 16.6 Å². The van der Waals surface area contributed by atoms with Gasteiger partial charge in [-0.2, -0.15) is 5.10 Å². The summed E-state index contributed by atoms with van der Waals surface area (Å²) >= 11 is 0. The highest BCUT2D eigenvalue weighted by Crippen LogP contribution is 2.29. The maximum Gasteiger partial charge on any atom is 0.319 e. The number of carbonyl (C=O) groups is 1. The predicted molar refractivity (Wildman–Crippen MR) is 137 cm³/mol. The van der Waals surface area contributed by atoms with Crippen molar-refractivity contribution in [3.8, 4) is 11.3 Å². The summed E-state index contributed by atoms with van der Waals surface area (Å²) in [7, 11) is 3.57. The Bertz CT molecular complexity index is 1180. The van der Waals surface area contributed by atoms with Gasteiger partial charge < -0.3 is 24.9 Å². The van der Waals surface area contributed by atoms with Crippen molar-refractivity contribution >= 4 is 28.8 Å². The van der Waals surface area contributed by atoms with Crippen LogP contribution in [0.1, 0.15) is 20.8 Å². The van der Waals surface area contributed by atoms with E-state index in [0.29, 0.717) is 25.1 Å². The number of amides is 2. The second-order valence-electron chi connectivity index (χ2n) is 9.90. The van der Waals surface area contributed by atoms with Gasteiger partial charge in [0.25, 0.3) is 0 Å². The first-order valence-electron chi connectivity index (χ1n) is 12.2. The fraction of sp³-hybridized carbons (Fsp3) is 0.542. The van der Waals surface area contributed by atoms with Gasteiger partial charge in [-0.1, -0.05) is 0 Å². The van der Waals surface area contributed by atoms with Crippen molar-refractivity contribution in [3.05, 3.63) is 24.5 Å². The van der Waals surface area contributed by atoms with E-state index in [4.69, 9.17) is 9.97 Å². The number of pyridine rings is 1. The predicted octanol–water partition coefficient (Wildman–Crippen LogP) is 1.79. The van der Waals surface area contributed by atoms with Crippen molar-refractivity contribution < 1.29 is 4.79 Å². The Morgan fingerprint density at radius 1 is 1.06 bits per heavy atom. The van der Waals surface area contributed by atoms with Crippen molar-refractivity contribution in [1.82, 2.24) is 40.3 Å². The molecule has 0 aliphatic carbocycles. The van der Waals surface area contributed by atoms with Gasteiger partial charge in [0.15, 0.2) is 0 Å². The molecular weight excluding hydrogens is 444 g/mol. The Morgan fingerprint density at radius 3 is 2.49 bits per heavy atom. The number of aromatic amines is 1. The van der Waals surface area contributed by atoms with Gasteiger partial charge in [-0.15, -0.1) is 0 Å². The summed E-state index contributed by atoms with van der Waals surface area (Å²) < 4.78 is 0. The molecule has 2 amide bonds. The minimum atomic E-state index is 0.0306. The number of aromatic nitrogens is 5. The largest absolute Gasteiger partial charge is 0.354 e. The lowest BCUT2D eigenvalue weighted by Gasteiger charge is -2.44. The highest BCUT2D eigenvalue weighted by molar-refractivity contribution is 5.89. The normalized spacial score (nSPS) is 23.1.